The summed E-state index contributed by atoms with van der Waals surface area (Å²) in [6.07, 6.45) is -5.23. The first-order chi connectivity index (χ1) is 10.9. The Morgan fingerprint density at radius 2 is 1.92 bits per heavy atom. The largest absolute Gasteiger partial charge is 0.573 e. The van der Waals surface area contributed by atoms with Gasteiger partial charge in [-0.1, -0.05) is 12.1 Å². The predicted molar refractivity (Wildman–Crippen MR) is 83.7 cm³/mol. The van der Waals surface area contributed by atoms with E-state index in [0.29, 0.717) is 18.7 Å². The number of hydrogen-bond donors (Lipinski definition) is 2. The van der Waals surface area contributed by atoms with E-state index in [1.807, 2.05) is 0 Å². The number of carbonyl (C=O) groups excluding carboxylic acids is 1. The molecule has 0 bridgehead atoms. The smallest absolute Gasteiger partial charge is 0.444 e. The molecule has 24 heavy (non-hydrogen) atoms. The van der Waals surface area contributed by atoms with Gasteiger partial charge in [0.1, 0.15) is 11.4 Å². The molecule has 0 saturated heterocycles. The van der Waals surface area contributed by atoms with Crippen LogP contribution in [0.5, 0.6) is 5.75 Å². The molecule has 0 aliphatic rings. The van der Waals surface area contributed by atoms with Crippen molar-refractivity contribution in [3.63, 3.8) is 0 Å². The molecule has 0 fully saturated rings. The fraction of sp³-hybridized carbons (Fsp3) is 0.562. The molecule has 1 aromatic carbocycles. The zero-order valence-electron chi connectivity index (χ0n) is 14.2. The second-order valence-corrected chi connectivity index (χ2v) is 6.37. The maximum Gasteiger partial charge on any atom is 0.573 e. The first-order valence-corrected chi connectivity index (χ1v) is 7.49. The topological polar surface area (TPSA) is 59.6 Å². The number of alkyl halides is 3. The molecule has 1 aromatic rings. The Labute approximate surface area is 139 Å². The minimum absolute atomic E-state index is 0.200. The summed E-state index contributed by atoms with van der Waals surface area (Å²) in [5, 5.41) is 5.72. The van der Waals surface area contributed by atoms with Crippen LogP contribution in [0.1, 0.15) is 33.3 Å². The third-order valence-electron chi connectivity index (χ3n) is 2.67. The lowest BCUT2D eigenvalue weighted by molar-refractivity contribution is -0.274. The maximum atomic E-state index is 12.2. The van der Waals surface area contributed by atoms with Gasteiger partial charge in [0.05, 0.1) is 0 Å². The molecule has 0 heterocycles. The van der Waals surface area contributed by atoms with Gasteiger partial charge in [-0.3, -0.25) is 0 Å². The van der Waals surface area contributed by atoms with Crippen LogP contribution >= 0.6 is 0 Å². The second kappa shape index (κ2) is 8.23. The Bertz CT molecular complexity index is 542. The van der Waals surface area contributed by atoms with Crippen LogP contribution in [0, 0.1) is 0 Å². The van der Waals surface area contributed by atoms with Crippen LogP contribution in [-0.2, 0) is 11.3 Å². The van der Waals surface area contributed by atoms with Gasteiger partial charge in [0, 0.05) is 19.1 Å². The average Bonchev–Trinajstić information content (AvgIpc) is 2.34. The summed E-state index contributed by atoms with van der Waals surface area (Å²) in [5.74, 6) is -0.262. The van der Waals surface area contributed by atoms with E-state index in [9.17, 15) is 18.0 Å². The van der Waals surface area contributed by atoms with Gasteiger partial charge >= 0.3 is 12.5 Å². The molecule has 2 N–H and O–H groups in total. The average molecular weight is 348 g/mol. The highest BCUT2D eigenvalue weighted by Gasteiger charge is 2.31. The number of nitrogens with one attached hydrogen (secondary N) is 2. The number of ether oxygens (including phenoxy) is 2. The monoisotopic (exact) mass is 348 g/mol. The zero-order chi connectivity index (χ0) is 18.4. The van der Waals surface area contributed by atoms with Crippen molar-refractivity contribution in [2.24, 2.45) is 0 Å². The Kier molecular flexibility index (Phi) is 6.89. The van der Waals surface area contributed by atoms with Gasteiger partial charge in [0.15, 0.2) is 0 Å². The minimum atomic E-state index is -4.71. The van der Waals surface area contributed by atoms with Crippen molar-refractivity contribution in [3.8, 4) is 5.75 Å². The molecule has 0 spiro atoms. The lowest BCUT2D eigenvalue weighted by atomic mass is 10.2. The van der Waals surface area contributed by atoms with Crippen molar-refractivity contribution in [2.75, 3.05) is 6.54 Å². The molecule has 5 nitrogen and oxygen atoms in total. The van der Waals surface area contributed by atoms with E-state index in [0.717, 1.165) is 0 Å². The quantitative estimate of drug-likeness (QED) is 0.825. The van der Waals surface area contributed by atoms with Crippen molar-refractivity contribution >= 4 is 6.09 Å². The van der Waals surface area contributed by atoms with Crippen molar-refractivity contribution in [1.82, 2.24) is 10.6 Å². The van der Waals surface area contributed by atoms with E-state index in [1.165, 1.54) is 18.2 Å². The SMILES string of the molecule is CC(CNCc1cccc(OC(F)(F)F)c1)NC(=O)OC(C)(C)C. The summed E-state index contributed by atoms with van der Waals surface area (Å²) >= 11 is 0. The predicted octanol–water partition coefficient (Wildman–Crippen LogP) is 3.59. The Morgan fingerprint density at radius 1 is 1.25 bits per heavy atom. The first kappa shape index (κ1) is 20.1. The normalized spacial score (nSPS) is 13.3. The summed E-state index contributed by atoms with van der Waals surface area (Å²) in [4.78, 5) is 11.6. The summed E-state index contributed by atoms with van der Waals surface area (Å²) in [6.45, 7) is 7.88. The van der Waals surface area contributed by atoms with Crippen molar-refractivity contribution in [1.29, 1.82) is 0 Å². The Balaban J connectivity index is 2.39. The molecule has 0 aromatic heterocycles. The fourth-order valence-electron chi connectivity index (χ4n) is 1.85. The number of rotatable bonds is 6. The van der Waals surface area contributed by atoms with Crippen LogP contribution in [0.3, 0.4) is 0 Å². The molecule has 0 aliphatic carbocycles. The number of amides is 1. The lowest BCUT2D eigenvalue weighted by Gasteiger charge is -2.22. The molecule has 1 atom stereocenters. The van der Waals surface area contributed by atoms with Gasteiger partial charge in [-0.2, -0.15) is 0 Å². The fourth-order valence-corrected chi connectivity index (χ4v) is 1.85. The molecule has 0 radical (unpaired) electrons. The summed E-state index contributed by atoms with van der Waals surface area (Å²) in [7, 11) is 0. The van der Waals surface area contributed by atoms with Crippen LogP contribution in [0.2, 0.25) is 0 Å². The van der Waals surface area contributed by atoms with Gasteiger partial charge in [-0.05, 0) is 45.4 Å². The van der Waals surface area contributed by atoms with Gasteiger partial charge in [0.2, 0.25) is 0 Å². The zero-order valence-corrected chi connectivity index (χ0v) is 14.2. The first-order valence-electron chi connectivity index (χ1n) is 7.49. The number of halogens is 3. The van der Waals surface area contributed by atoms with Crippen LogP contribution in [0.4, 0.5) is 18.0 Å². The summed E-state index contributed by atoms with van der Waals surface area (Å²) in [6, 6.07) is 5.52. The van der Waals surface area contributed by atoms with Crippen LogP contribution < -0.4 is 15.4 Å². The number of hydrogen-bond acceptors (Lipinski definition) is 4. The summed E-state index contributed by atoms with van der Waals surface area (Å²) in [5.41, 5.74) is 0.0668. The van der Waals surface area contributed by atoms with Crippen LogP contribution in [-0.4, -0.2) is 30.6 Å². The standard InChI is InChI=1S/C16H23F3N2O3/c1-11(21-14(22)24-15(2,3)4)9-20-10-12-6-5-7-13(8-12)23-16(17,18)19/h5-8,11,20H,9-10H2,1-4H3,(H,21,22). The van der Waals surface area contributed by atoms with E-state index in [4.69, 9.17) is 4.74 Å². The molecule has 0 aliphatic heterocycles. The lowest BCUT2D eigenvalue weighted by Crippen LogP contribution is -2.42. The van der Waals surface area contributed by atoms with E-state index in [1.54, 1.807) is 33.8 Å². The molecule has 0 saturated carbocycles. The van der Waals surface area contributed by atoms with E-state index in [2.05, 4.69) is 15.4 Å². The van der Waals surface area contributed by atoms with E-state index in [-0.39, 0.29) is 11.8 Å². The molecule has 1 unspecified atom stereocenters. The molecular weight excluding hydrogens is 325 g/mol. The molecular formula is C16H23F3N2O3. The third kappa shape index (κ3) is 9.24. The number of alkyl carbamates (subject to hydrolysis) is 1. The van der Waals surface area contributed by atoms with Crippen LogP contribution in [0.15, 0.2) is 24.3 Å². The van der Waals surface area contributed by atoms with E-state index >= 15 is 0 Å². The number of carbonyl (C=O) groups is 1. The van der Waals surface area contributed by atoms with Crippen molar-refractivity contribution < 1.29 is 27.4 Å². The van der Waals surface area contributed by atoms with Gasteiger partial charge in [0.25, 0.3) is 0 Å². The van der Waals surface area contributed by atoms with Crippen LogP contribution in [0.25, 0.3) is 0 Å². The van der Waals surface area contributed by atoms with E-state index < -0.39 is 18.1 Å². The van der Waals surface area contributed by atoms with Gasteiger partial charge in [-0.25, -0.2) is 4.79 Å². The Hall–Kier alpha value is -1.96. The highest BCUT2D eigenvalue weighted by Crippen LogP contribution is 2.23. The van der Waals surface area contributed by atoms with Gasteiger partial charge in [-0.15, -0.1) is 13.2 Å². The van der Waals surface area contributed by atoms with Crippen molar-refractivity contribution in [2.45, 2.75) is 52.2 Å². The molecule has 8 heteroatoms. The molecule has 136 valence electrons. The van der Waals surface area contributed by atoms with Gasteiger partial charge < -0.3 is 20.1 Å². The minimum Gasteiger partial charge on any atom is -0.444 e. The molecule has 1 rings (SSSR count). The Morgan fingerprint density at radius 3 is 2.50 bits per heavy atom. The highest BCUT2D eigenvalue weighted by atomic mass is 19.4. The highest BCUT2D eigenvalue weighted by molar-refractivity contribution is 5.68. The molecule has 1 amide bonds. The van der Waals surface area contributed by atoms with Crippen molar-refractivity contribution in [3.05, 3.63) is 29.8 Å². The number of benzene rings is 1. The summed E-state index contributed by atoms with van der Waals surface area (Å²) < 4.78 is 45.5. The maximum absolute atomic E-state index is 12.2. The third-order valence-corrected chi connectivity index (χ3v) is 2.67. The second-order valence-electron chi connectivity index (χ2n) is 6.37.